The van der Waals surface area contributed by atoms with Crippen LogP contribution < -0.4 is 5.32 Å². The molecule has 0 aliphatic rings. The summed E-state index contributed by atoms with van der Waals surface area (Å²) >= 11 is 0. The van der Waals surface area contributed by atoms with Crippen molar-refractivity contribution in [3.63, 3.8) is 0 Å². The van der Waals surface area contributed by atoms with E-state index in [0.29, 0.717) is 6.54 Å². The first-order valence-electron chi connectivity index (χ1n) is 7.75. The molecule has 0 aliphatic carbocycles. The molecule has 2 aromatic carbocycles. The molecule has 1 atom stereocenters. The van der Waals surface area contributed by atoms with E-state index >= 15 is 0 Å². The van der Waals surface area contributed by atoms with E-state index in [4.69, 9.17) is 0 Å². The van der Waals surface area contributed by atoms with Crippen molar-refractivity contribution in [1.29, 1.82) is 0 Å². The Bertz CT molecular complexity index is 816. The van der Waals surface area contributed by atoms with Crippen molar-refractivity contribution < 1.29 is 9.18 Å². The van der Waals surface area contributed by atoms with Gasteiger partial charge in [-0.3, -0.25) is 4.79 Å². The van der Waals surface area contributed by atoms with Gasteiger partial charge in [0, 0.05) is 25.0 Å². The molecular formula is C19H18FN3O. The molecule has 24 heavy (non-hydrogen) atoms. The molecule has 0 saturated heterocycles. The van der Waals surface area contributed by atoms with Crippen molar-refractivity contribution in [3.8, 4) is 11.1 Å². The molecule has 1 heterocycles. The highest BCUT2D eigenvalue weighted by Crippen LogP contribution is 2.21. The summed E-state index contributed by atoms with van der Waals surface area (Å²) in [6.45, 7) is 2.45. The predicted octanol–water partition coefficient (Wildman–Crippen LogP) is 3.51. The number of nitrogens with zero attached hydrogens (tertiary/aromatic N) is 2. The highest BCUT2D eigenvalue weighted by Gasteiger charge is 2.15. The van der Waals surface area contributed by atoms with E-state index in [2.05, 4.69) is 10.3 Å². The quantitative estimate of drug-likeness (QED) is 0.781. The van der Waals surface area contributed by atoms with E-state index in [0.717, 1.165) is 11.1 Å². The third-order valence-electron chi connectivity index (χ3n) is 3.74. The van der Waals surface area contributed by atoms with Gasteiger partial charge in [0.25, 0.3) is 5.91 Å². The number of amides is 1. The van der Waals surface area contributed by atoms with E-state index in [1.54, 1.807) is 18.6 Å². The first-order valence-corrected chi connectivity index (χ1v) is 7.75. The standard InChI is InChI=1S/C19H18FN3O/c1-14(12-23-10-9-21-13-23)22-19(24)17-8-7-16(11-18(17)20)15-5-3-2-4-6-15/h2-11,13-14H,12H2,1H3,(H,22,24). The van der Waals surface area contributed by atoms with Crippen molar-refractivity contribution in [2.75, 3.05) is 0 Å². The molecule has 0 spiro atoms. The molecule has 1 amide bonds. The van der Waals surface area contributed by atoms with Crippen LogP contribution in [0, 0.1) is 5.82 Å². The van der Waals surface area contributed by atoms with E-state index < -0.39 is 11.7 Å². The fraction of sp³-hybridized carbons (Fsp3) is 0.158. The van der Waals surface area contributed by atoms with Gasteiger partial charge in [0.15, 0.2) is 0 Å². The lowest BCUT2D eigenvalue weighted by Gasteiger charge is -2.15. The Hall–Kier alpha value is -2.95. The molecule has 1 aromatic heterocycles. The third kappa shape index (κ3) is 3.68. The average Bonchev–Trinajstić information content (AvgIpc) is 3.08. The SMILES string of the molecule is CC(Cn1ccnc1)NC(=O)c1ccc(-c2ccccc2)cc1F. The topological polar surface area (TPSA) is 46.9 Å². The van der Waals surface area contributed by atoms with E-state index in [1.807, 2.05) is 48.0 Å². The molecule has 0 aliphatic heterocycles. The normalized spacial score (nSPS) is 11.9. The smallest absolute Gasteiger partial charge is 0.254 e. The number of hydrogen-bond acceptors (Lipinski definition) is 2. The van der Waals surface area contributed by atoms with Gasteiger partial charge in [0.1, 0.15) is 5.82 Å². The lowest BCUT2D eigenvalue weighted by Crippen LogP contribution is -2.35. The van der Waals surface area contributed by atoms with Crippen LogP contribution in [0.3, 0.4) is 0 Å². The molecule has 0 saturated carbocycles. The molecule has 122 valence electrons. The van der Waals surface area contributed by atoms with Crippen LogP contribution in [0.1, 0.15) is 17.3 Å². The fourth-order valence-corrected chi connectivity index (χ4v) is 2.57. The minimum absolute atomic E-state index is 0.0483. The zero-order chi connectivity index (χ0) is 16.9. The summed E-state index contributed by atoms with van der Waals surface area (Å²) in [5, 5.41) is 2.81. The zero-order valence-electron chi connectivity index (χ0n) is 13.3. The number of nitrogens with one attached hydrogen (secondary N) is 1. The fourth-order valence-electron chi connectivity index (χ4n) is 2.57. The van der Waals surface area contributed by atoms with E-state index in [9.17, 15) is 9.18 Å². The summed E-state index contributed by atoms with van der Waals surface area (Å²) in [5.41, 5.74) is 1.71. The van der Waals surface area contributed by atoms with Crippen LogP contribution >= 0.6 is 0 Å². The second-order valence-electron chi connectivity index (χ2n) is 5.69. The van der Waals surface area contributed by atoms with Gasteiger partial charge < -0.3 is 9.88 Å². The van der Waals surface area contributed by atoms with Gasteiger partial charge in [0.05, 0.1) is 11.9 Å². The summed E-state index contributed by atoms with van der Waals surface area (Å²) < 4.78 is 16.2. The maximum Gasteiger partial charge on any atom is 0.254 e. The minimum atomic E-state index is -0.524. The van der Waals surface area contributed by atoms with Crippen LogP contribution in [0.25, 0.3) is 11.1 Å². The lowest BCUT2D eigenvalue weighted by atomic mass is 10.0. The molecule has 1 N–H and O–H groups in total. The van der Waals surface area contributed by atoms with Crippen LogP contribution in [0.2, 0.25) is 0 Å². The molecule has 5 heteroatoms. The minimum Gasteiger partial charge on any atom is -0.348 e. The van der Waals surface area contributed by atoms with Gasteiger partial charge in [-0.1, -0.05) is 36.4 Å². The Morgan fingerprint density at radius 3 is 2.67 bits per heavy atom. The number of halogens is 1. The Morgan fingerprint density at radius 1 is 1.21 bits per heavy atom. The Kier molecular flexibility index (Phi) is 4.70. The zero-order valence-corrected chi connectivity index (χ0v) is 13.3. The molecular weight excluding hydrogens is 305 g/mol. The van der Waals surface area contributed by atoms with Crippen molar-refractivity contribution in [3.05, 3.63) is 78.6 Å². The number of imidazole rings is 1. The number of hydrogen-bond donors (Lipinski definition) is 1. The van der Waals surface area contributed by atoms with Crippen molar-refractivity contribution in [2.45, 2.75) is 19.5 Å². The number of carbonyl (C=O) groups excluding carboxylic acids is 1. The lowest BCUT2D eigenvalue weighted by molar-refractivity contribution is 0.0932. The molecule has 4 nitrogen and oxygen atoms in total. The van der Waals surface area contributed by atoms with Gasteiger partial charge in [0.2, 0.25) is 0 Å². The number of rotatable bonds is 5. The second kappa shape index (κ2) is 7.08. The molecule has 0 bridgehead atoms. The Labute approximate surface area is 140 Å². The summed E-state index contributed by atoms with van der Waals surface area (Å²) in [4.78, 5) is 16.2. The first kappa shape index (κ1) is 15.9. The van der Waals surface area contributed by atoms with Gasteiger partial charge in [-0.05, 0) is 30.2 Å². The third-order valence-corrected chi connectivity index (χ3v) is 3.74. The largest absolute Gasteiger partial charge is 0.348 e. The maximum absolute atomic E-state index is 14.3. The molecule has 3 rings (SSSR count). The maximum atomic E-state index is 14.3. The predicted molar refractivity (Wildman–Crippen MR) is 91.0 cm³/mol. The van der Waals surface area contributed by atoms with E-state index in [-0.39, 0.29) is 11.6 Å². The summed E-state index contributed by atoms with van der Waals surface area (Å²) in [7, 11) is 0. The summed E-state index contributed by atoms with van der Waals surface area (Å²) in [5.74, 6) is -0.941. The van der Waals surface area contributed by atoms with Crippen LogP contribution in [0.4, 0.5) is 4.39 Å². The molecule has 1 unspecified atom stereocenters. The highest BCUT2D eigenvalue weighted by atomic mass is 19.1. The highest BCUT2D eigenvalue weighted by molar-refractivity contribution is 5.95. The monoisotopic (exact) mass is 323 g/mol. The van der Waals surface area contributed by atoms with Crippen LogP contribution in [0.5, 0.6) is 0 Å². The number of aromatic nitrogens is 2. The Balaban J connectivity index is 1.71. The Morgan fingerprint density at radius 2 is 2.00 bits per heavy atom. The summed E-state index contributed by atoms with van der Waals surface area (Å²) in [6.07, 6.45) is 5.17. The van der Waals surface area contributed by atoms with E-state index in [1.165, 1.54) is 12.1 Å². The van der Waals surface area contributed by atoms with Crippen molar-refractivity contribution in [1.82, 2.24) is 14.9 Å². The number of benzene rings is 2. The molecule has 0 radical (unpaired) electrons. The van der Waals surface area contributed by atoms with Crippen LogP contribution in [0.15, 0.2) is 67.3 Å². The molecule has 3 aromatic rings. The van der Waals surface area contributed by atoms with Crippen molar-refractivity contribution >= 4 is 5.91 Å². The van der Waals surface area contributed by atoms with Crippen molar-refractivity contribution in [2.24, 2.45) is 0 Å². The molecule has 0 fully saturated rings. The van der Waals surface area contributed by atoms with Crippen LogP contribution in [-0.2, 0) is 6.54 Å². The summed E-state index contributed by atoms with van der Waals surface area (Å²) in [6, 6.07) is 14.0. The number of carbonyl (C=O) groups is 1. The van der Waals surface area contributed by atoms with Gasteiger partial charge in [-0.15, -0.1) is 0 Å². The van der Waals surface area contributed by atoms with Crippen LogP contribution in [-0.4, -0.2) is 21.5 Å². The van der Waals surface area contributed by atoms with Gasteiger partial charge >= 0.3 is 0 Å². The second-order valence-corrected chi connectivity index (χ2v) is 5.69. The van der Waals surface area contributed by atoms with Gasteiger partial charge in [-0.25, -0.2) is 9.37 Å². The first-order chi connectivity index (χ1) is 11.6. The average molecular weight is 323 g/mol. The van der Waals surface area contributed by atoms with Gasteiger partial charge in [-0.2, -0.15) is 0 Å².